The van der Waals surface area contributed by atoms with Crippen molar-refractivity contribution in [1.29, 1.82) is 0 Å². The highest BCUT2D eigenvalue weighted by Gasteiger charge is 2.38. The van der Waals surface area contributed by atoms with Crippen LogP contribution in [0.4, 0.5) is 13.2 Å². The summed E-state index contributed by atoms with van der Waals surface area (Å²) in [5, 5.41) is -0.751. The molecular formula is C7H7F3O3Si. The SMILES string of the molecule is CO[Si](O)(O)c1cc(F)c(F)cc1F. The molecule has 0 fully saturated rings. The summed E-state index contributed by atoms with van der Waals surface area (Å²) >= 11 is 0. The normalized spacial score (nSPS) is 11.9. The highest BCUT2D eigenvalue weighted by Crippen LogP contribution is 2.09. The molecule has 0 atom stereocenters. The molecule has 0 unspecified atom stereocenters. The monoisotopic (exact) mass is 224 g/mol. The molecular weight excluding hydrogens is 217 g/mol. The zero-order valence-corrected chi connectivity index (χ0v) is 8.09. The van der Waals surface area contributed by atoms with Crippen LogP contribution >= 0.6 is 0 Å². The van der Waals surface area contributed by atoms with Crippen LogP contribution in [0, 0.1) is 17.5 Å². The molecule has 2 N–H and O–H groups in total. The molecule has 0 aliphatic carbocycles. The molecule has 0 bridgehead atoms. The molecule has 0 aliphatic rings. The fraction of sp³-hybridized carbons (Fsp3) is 0.143. The van der Waals surface area contributed by atoms with Crippen molar-refractivity contribution < 1.29 is 27.2 Å². The van der Waals surface area contributed by atoms with Crippen molar-refractivity contribution in [2.75, 3.05) is 7.11 Å². The van der Waals surface area contributed by atoms with E-state index in [1.165, 1.54) is 0 Å². The highest BCUT2D eigenvalue weighted by atomic mass is 28.4. The van der Waals surface area contributed by atoms with E-state index in [2.05, 4.69) is 4.43 Å². The van der Waals surface area contributed by atoms with E-state index in [0.717, 1.165) is 7.11 Å². The molecule has 0 saturated carbocycles. The number of halogens is 3. The van der Waals surface area contributed by atoms with Gasteiger partial charge in [-0.3, -0.25) is 0 Å². The molecule has 78 valence electrons. The number of hydrogen-bond donors (Lipinski definition) is 2. The molecule has 7 heteroatoms. The van der Waals surface area contributed by atoms with Crippen molar-refractivity contribution in [2.45, 2.75) is 0 Å². The van der Waals surface area contributed by atoms with Crippen molar-refractivity contribution >= 4 is 14.0 Å². The van der Waals surface area contributed by atoms with Crippen molar-refractivity contribution in [2.24, 2.45) is 0 Å². The molecule has 0 heterocycles. The number of rotatable bonds is 2. The first-order valence-electron chi connectivity index (χ1n) is 3.53. The van der Waals surface area contributed by atoms with Crippen LogP contribution in [0.3, 0.4) is 0 Å². The maximum Gasteiger partial charge on any atom is 0.534 e. The minimum absolute atomic E-state index is 0.234. The Kier molecular flexibility index (Phi) is 2.95. The summed E-state index contributed by atoms with van der Waals surface area (Å²) in [4.78, 5) is 18.3. The van der Waals surface area contributed by atoms with Gasteiger partial charge in [-0.05, 0) is 6.07 Å². The molecule has 0 spiro atoms. The lowest BCUT2D eigenvalue weighted by molar-refractivity contribution is 0.202. The average Bonchev–Trinajstić information content (AvgIpc) is 2.11. The van der Waals surface area contributed by atoms with Crippen LogP contribution in [0.25, 0.3) is 0 Å². The zero-order valence-electron chi connectivity index (χ0n) is 7.09. The Morgan fingerprint density at radius 2 is 1.57 bits per heavy atom. The molecule has 1 rings (SSSR count). The van der Waals surface area contributed by atoms with E-state index in [1.807, 2.05) is 0 Å². The summed E-state index contributed by atoms with van der Waals surface area (Å²) in [6, 6.07) is 0.609. The van der Waals surface area contributed by atoms with E-state index in [4.69, 9.17) is 9.59 Å². The van der Waals surface area contributed by atoms with Gasteiger partial charge in [-0.2, -0.15) is 0 Å². The van der Waals surface area contributed by atoms with E-state index in [-0.39, 0.29) is 6.07 Å². The van der Waals surface area contributed by atoms with Crippen LogP contribution in [-0.4, -0.2) is 25.5 Å². The average molecular weight is 224 g/mol. The molecule has 0 aromatic heterocycles. The standard InChI is InChI=1S/C7H7F3O3Si/c1-13-14(11,12)7-3-5(9)4(8)2-6(7)10/h2-3,11-12H,1H3. The predicted molar refractivity (Wildman–Crippen MR) is 43.2 cm³/mol. The highest BCUT2D eigenvalue weighted by molar-refractivity contribution is 6.72. The first kappa shape index (κ1) is 11.2. The number of hydrogen-bond acceptors (Lipinski definition) is 3. The smallest absolute Gasteiger partial charge is 0.386 e. The van der Waals surface area contributed by atoms with Gasteiger partial charge < -0.3 is 14.0 Å². The minimum atomic E-state index is -4.43. The Morgan fingerprint density at radius 1 is 1.07 bits per heavy atom. The third kappa shape index (κ3) is 1.95. The Hall–Kier alpha value is -0.893. The lowest BCUT2D eigenvalue weighted by Crippen LogP contribution is -2.52. The van der Waals surface area contributed by atoms with Crippen LogP contribution in [0.2, 0.25) is 0 Å². The Bertz CT molecular complexity index is 356. The van der Waals surface area contributed by atoms with Crippen molar-refractivity contribution in [3.63, 3.8) is 0 Å². The maximum absolute atomic E-state index is 12.9. The van der Waals surface area contributed by atoms with Gasteiger partial charge in [-0.15, -0.1) is 0 Å². The summed E-state index contributed by atoms with van der Waals surface area (Å²) < 4.78 is 42.2. The second-order valence-electron chi connectivity index (χ2n) is 2.56. The Morgan fingerprint density at radius 3 is 2.07 bits per heavy atom. The molecule has 1 aromatic carbocycles. The summed E-state index contributed by atoms with van der Waals surface area (Å²) in [6.07, 6.45) is 0. The predicted octanol–water partition coefficient (Wildman–Crippen LogP) is -0.119. The zero-order chi connectivity index (χ0) is 10.9. The third-order valence-corrected chi connectivity index (χ3v) is 3.30. The van der Waals surface area contributed by atoms with E-state index in [9.17, 15) is 13.2 Å². The van der Waals surface area contributed by atoms with Gasteiger partial charge in [0.25, 0.3) is 0 Å². The molecule has 3 nitrogen and oxygen atoms in total. The second kappa shape index (κ2) is 3.69. The Balaban J connectivity index is 3.29. The van der Waals surface area contributed by atoms with Gasteiger partial charge in [0.1, 0.15) is 5.82 Å². The number of benzene rings is 1. The van der Waals surface area contributed by atoms with Crippen molar-refractivity contribution in [3.8, 4) is 0 Å². The van der Waals surface area contributed by atoms with Crippen LogP contribution in [0.15, 0.2) is 12.1 Å². The fourth-order valence-corrected chi connectivity index (χ4v) is 1.80. The van der Waals surface area contributed by atoms with Gasteiger partial charge in [0.2, 0.25) is 0 Å². The summed E-state index contributed by atoms with van der Waals surface area (Å²) in [5.74, 6) is -4.01. The van der Waals surface area contributed by atoms with Gasteiger partial charge in [0.05, 0.1) is 5.19 Å². The third-order valence-electron chi connectivity index (χ3n) is 1.65. The lowest BCUT2D eigenvalue weighted by Gasteiger charge is -2.15. The van der Waals surface area contributed by atoms with Crippen LogP contribution in [0.5, 0.6) is 0 Å². The molecule has 0 saturated heterocycles. The van der Waals surface area contributed by atoms with Gasteiger partial charge in [-0.1, -0.05) is 0 Å². The topological polar surface area (TPSA) is 49.7 Å². The first-order chi connectivity index (χ1) is 6.38. The summed E-state index contributed by atoms with van der Waals surface area (Å²) in [5.41, 5.74) is 0. The second-order valence-corrected chi connectivity index (χ2v) is 4.72. The molecule has 0 aliphatic heterocycles. The van der Waals surface area contributed by atoms with E-state index in [0.29, 0.717) is 6.07 Å². The Labute approximate surface area is 78.7 Å². The summed E-state index contributed by atoms with van der Waals surface area (Å²) in [7, 11) is -3.50. The van der Waals surface area contributed by atoms with Gasteiger partial charge in [0.15, 0.2) is 11.6 Å². The fourth-order valence-electron chi connectivity index (χ4n) is 0.882. The van der Waals surface area contributed by atoms with Crippen LogP contribution in [-0.2, 0) is 4.43 Å². The minimum Gasteiger partial charge on any atom is -0.386 e. The van der Waals surface area contributed by atoms with Crippen LogP contribution in [0.1, 0.15) is 0 Å². The molecule has 0 radical (unpaired) electrons. The van der Waals surface area contributed by atoms with E-state index >= 15 is 0 Å². The summed E-state index contributed by atoms with van der Waals surface area (Å²) in [6.45, 7) is 0. The molecule has 0 amide bonds. The molecule has 14 heavy (non-hydrogen) atoms. The maximum atomic E-state index is 12.9. The largest absolute Gasteiger partial charge is 0.534 e. The van der Waals surface area contributed by atoms with E-state index in [1.54, 1.807) is 0 Å². The van der Waals surface area contributed by atoms with Gasteiger partial charge >= 0.3 is 8.80 Å². The van der Waals surface area contributed by atoms with Gasteiger partial charge in [0, 0.05) is 13.2 Å². The lowest BCUT2D eigenvalue weighted by atomic mass is 10.3. The van der Waals surface area contributed by atoms with E-state index < -0.39 is 31.4 Å². The van der Waals surface area contributed by atoms with Crippen molar-refractivity contribution in [3.05, 3.63) is 29.6 Å². The van der Waals surface area contributed by atoms with Crippen LogP contribution < -0.4 is 5.19 Å². The molecule has 1 aromatic rings. The quantitative estimate of drug-likeness (QED) is 0.544. The van der Waals surface area contributed by atoms with Gasteiger partial charge in [-0.25, -0.2) is 13.2 Å². The van der Waals surface area contributed by atoms with Crippen molar-refractivity contribution in [1.82, 2.24) is 0 Å². The first-order valence-corrected chi connectivity index (χ1v) is 5.33.